The molecule has 10 atom stereocenters. The van der Waals surface area contributed by atoms with Crippen molar-refractivity contribution in [1.82, 2.24) is 19.5 Å². The summed E-state index contributed by atoms with van der Waals surface area (Å²) in [5.41, 5.74) is 7.04. The molecule has 2 unspecified atom stereocenters. The largest absolute Gasteiger partial charge is 0.387 e. The van der Waals surface area contributed by atoms with Crippen LogP contribution in [0.1, 0.15) is 11.8 Å². The number of rotatable bonds is 1. The Bertz CT molecular complexity index is 1400. The fourth-order valence-corrected chi connectivity index (χ4v) is 6.14. The number of alkyl halides is 1. The highest BCUT2D eigenvalue weighted by Gasteiger charge is 2.51. The number of anilines is 1. The molecule has 40 heavy (non-hydrogen) atoms. The molecule has 3 aliphatic heterocycles. The molecular weight excluding hydrogens is 571 g/mol. The van der Waals surface area contributed by atoms with Gasteiger partial charge in [0.2, 0.25) is 0 Å². The minimum absolute atomic E-state index is 0.112. The van der Waals surface area contributed by atoms with Crippen LogP contribution in [-0.2, 0) is 27.6 Å². The maximum absolute atomic E-state index is 15.7. The first-order valence-corrected chi connectivity index (χ1v) is 14.3. The number of hydrogen-bond acceptors (Lipinski definition) is 13. The third-order valence-electron chi connectivity index (χ3n) is 6.52. The predicted octanol–water partition coefficient (Wildman–Crippen LogP) is 1.08. The number of hydrogen-bond donors (Lipinski definition) is 4. The van der Waals surface area contributed by atoms with Gasteiger partial charge in [-0.15, -0.1) is 0 Å². The standard InChI is InChI=1S/C23H24FN5O9P2/c24-16-19-15(36-23(16)29-11-28-17-21(25)26-10-27-22(17)29)9-34-40(32)38-20-13(7-6-12-4-2-1-3-5-12)35-14(18(20)30)8-33-39(31)37-19/h1-5,10-11,13-16,18-20,23,30-32H,8-9H2,(H2,25,26,27)/t13-,14+,15+,16+,18+,19+,20-,23+,39?,40?/m0/s1. The second kappa shape index (κ2) is 11.8. The summed E-state index contributed by atoms with van der Waals surface area (Å²) in [5, 5.41) is 10.8. The van der Waals surface area contributed by atoms with E-state index < -0.39 is 66.2 Å². The van der Waals surface area contributed by atoms with Gasteiger partial charge in [0.1, 0.15) is 48.5 Å². The fraction of sp³-hybridized carbons (Fsp3) is 0.435. The van der Waals surface area contributed by atoms with E-state index in [1.54, 1.807) is 12.1 Å². The fourth-order valence-electron chi connectivity index (χ4n) is 4.56. The molecular formula is C23H24FN5O9P2. The van der Waals surface area contributed by atoms with Crippen LogP contribution < -0.4 is 5.73 Å². The summed E-state index contributed by atoms with van der Waals surface area (Å²) >= 11 is 0. The Balaban J connectivity index is 1.21. The van der Waals surface area contributed by atoms with Crippen molar-refractivity contribution < 1.29 is 46.9 Å². The number of nitrogens with two attached hydrogens (primary N) is 1. The molecule has 0 radical (unpaired) electrons. The average molecular weight is 595 g/mol. The van der Waals surface area contributed by atoms with E-state index in [0.29, 0.717) is 5.56 Å². The minimum Gasteiger partial charge on any atom is -0.387 e. The van der Waals surface area contributed by atoms with Crippen LogP contribution in [0.3, 0.4) is 0 Å². The lowest BCUT2D eigenvalue weighted by atomic mass is 10.1. The summed E-state index contributed by atoms with van der Waals surface area (Å²) < 4.78 is 50.7. The first-order valence-electron chi connectivity index (χ1n) is 12.1. The van der Waals surface area contributed by atoms with Crippen LogP contribution in [0.15, 0.2) is 43.0 Å². The highest BCUT2D eigenvalue weighted by Crippen LogP contribution is 2.47. The van der Waals surface area contributed by atoms with Crippen LogP contribution in [-0.4, -0.2) is 90.4 Å². The second-order valence-corrected chi connectivity index (χ2v) is 10.9. The van der Waals surface area contributed by atoms with Gasteiger partial charge in [-0.05, 0) is 12.1 Å². The van der Waals surface area contributed by atoms with E-state index in [-0.39, 0.29) is 30.2 Å². The minimum atomic E-state index is -2.64. The lowest BCUT2D eigenvalue weighted by Gasteiger charge is -2.23. The van der Waals surface area contributed by atoms with Crippen LogP contribution in [0.2, 0.25) is 0 Å². The van der Waals surface area contributed by atoms with E-state index in [9.17, 15) is 14.9 Å². The molecule has 14 nitrogen and oxygen atoms in total. The maximum atomic E-state index is 15.7. The molecule has 3 aromatic rings. The number of nitrogen functional groups attached to an aromatic ring is 1. The van der Waals surface area contributed by atoms with E-state index in [2.05, 4.69) is 26.8 Å². The molecule has 2 bridgehead atoms. The smallest absolute Gasteiger partial charge is 0.330 e. The SMILES string of the molecule is Nc1ncnc2c1ncn2[C@@H]1O[C@@H]2COP(O)O[C@@H]3[C@H](O)[C@@H](COP(O)O[C@H]2[C@H]1F)O[C@H]3C#Cc1ccccc1. The van der Waals surface area contributed by atoms with Gasteiger partial charge < -0.3 is 48.2 Å². The van der Waals surface area contributed by atoms with Crippen molar-refractivity contribution in [2.24, 2.45) is 0 Å². The highest BCUT2D eigenvalue weighted by molar-refractivity contribution is 7.40. The number of imidazole rings is 1. The Morgan fingerprint density at radius 3 is 2.48 bits per heavy atom. The second-order valence-electron chi connectivity index (χ2n) is 9.02. The average Bonchev–Trinajstić information content (AvgIpc) is 3.60. The summed E-state index contributed by atoms with van der Waals surface area (Å²) in [5.74, 6) is 5.95. The van der Waals surface area contributed by atoms with E-state index in [0.717, 1.165) is 0 Å². The quantitative estimate of drug-likeness (QED) is 0.232. The summed E-state index contributed by atoms with van der Waals surface area (Å²) in [6.45, 7) is -0.706. The molecule has 3 saturated heterocycles. The molecule has 3 aliphatic rings. The van der Waals surface area contributed by atoms with Crippen LogP contribution in [0.4, 0.5) is 10.2 Å². The number of benzene rings is 1. The topological polar surface area (TPSA) is 186 Å². The third kappa shape index (κ3) is 5.54. The van der Waals surface area contributed by atoms with Crippen LogP contribution in [0, 0.1) is 11.8 Å². The van der Waals surface area contributed by atoms with Gasteiger partial charge in [-0.25, -0.2) is 19.3 Å². The molecule has 212 valence electrons. The van der Waals surface area contributed by atoms with E-state index in [1.165, 1.54) is 17.2 Å². The van der Waals surface area contributed by atoms with Crippen molar-refractivity contribution in [2.75, 3.05) is 18.9 Å². The molecule has 0 aliphatic carbocycles. The van der Waals surface area contributed by atoms with Crippen molar-refractivity contribution in [3.8, 4) is 11.8 Å². The monoisotopic (exact) mass is 595 g/mol. The Morgan fingerprint density at radius 1 is 0.975 bits per heavy atom. The van der Waals surface area contributed by atoms with Gasteiger partial charge in [0.25, 0.3) is 0 Å². The molecule has 1 aromatic carbocycles. The maximum Gasteiger partial charge on any atom is 0.330 e. The summed E-state index contributed by atoms with van der Waals surface area (Å²) in [6.07, 6.45) is -7.39. The Kier molecular flexibility index (Phi) is 8.18. The van der Waals surface area contributed by atoms with Crippen LogP contribution in [0.5, 0.6) is 0 Å². The molecule has 0 saturated carbocycles. The predicted molar refractivity (Wildman–Crippen MR) is 136 cm³/mol. The number of aliphatic hydroxyl groups excluding tert-OH is 1. The lowest BCUT2D eigenvalue weighted by Crippen LogP contribution is -2.35. The summed E-state index contributed by atoms with van der Waals surface area (Å²) in [6, 6.07) is 9.11. The van der Waals surface area contributed by atoms with Crippen molar-refractivity contribution in [1.29, 1.82) is 0 Å². The zero-order chi connectivity index (χ0) is 27.8. The first kappa shape index (κ1) is 27.7. The molecule has 6 rings (SSSR count). The number of halogens is 1. The van der Waals surface area contributed by atoms with Crippen LogP contribution >= 0.6 is 17.2 Å². The van der Waals surface area contributed by atoms with Crippen molar-refractivity contribution in [3.63, 3.8) is 0 Å². The molecule has 17 heteroatoms. The highest BCUT2D eigenvalue weighted by atomic mass is 31.2. The van der Waals surface area contributed by atoms with E-state index in [4.69, 9.17) is 33.3 Å². The molecule has 3 fully saturated rings. The molecule has 0 amide bonds. The number of nitrogens with zero attached hydrogens (tertiary/aromatic N) is 4. The van der Waals surface area contributed by atoms with Gasteiger partial charge >= 0.3 is 17.2 Å². The van der Waals surface area contributed by atoms with Gasteiger partial charge in [0.15, 0.2) is 23.9 Å². The summed E-state index contributed by atoms with van der Waals surface area (Å²) in [7, 11) is -5.23. The molecule has 5 heterocycles. The number of aliphatic hydroxyl groups is 1. The van der Waals surface area contributed by atoms with Gasteiger partial charge in [-0.3, -0.25) is 4.57 Å². The van der Waals surface area contributed by atoms with Gasteiger partial charge in [0.05, 0.1) is 19.5 Å². The molecule has 5 N–H and O–H groups in total. The first-order chi connectivity index (χ1) is 19.4. The van der Waals surface area contributed by atoms with Crippen molar-refractivity contribution >= 4 is 34.2 Å². The van der Waals surface area contributed by atoms with Crippen molar-refractivity contribution in [2.45, 2.75) is 49.0 Å². The number of ether oxygens (including phenoxy) is 2. The van der Waals surface area contributed by atoms with Gasteiger partial charge in [-0.2, -0.15) is 0 Å². The normalized spacial score (nSPS) is 36.6. The Hall–Kier alpha value is -2.44. The molecule has 2 aromatic heterocycles. The van der Waals surface area contributed by atoms with Crippen molar-refractivity contribution in [3.05, 3.63) is 48.5 Å². The molecule has 0 spiro atoms. The zero-order valence-electron chi connectivity index (χ0n) is 20.5. The van der Waals surface area contributed by atoms with Gasteiger partial charge in [-0.1, -0.05) is 30.0 Å². The van der Waals surface area contributed by atoms with E-state index >= 15 is 4.39 Å². The van der Waals surface area contributed by atoms with Gasteiger partial charge in [0, 0.05) is 5.56 Å². The Morgan fingerprint density at radius 2 is 1.70 bits per heavy atom. The van der Waals surface area contributed by atoms with E-state index in [1.807, 2.05) is 18.2 Å². The summed E-state index contributed by atoms with van der Waals surface area (Å²) in [4.78, 5) is 33.2. The Labute approximate surface area is 229 Å². The lowest BCUT2D eigenvalue weighted by molar-refractivity contribution is -0.0454. The third-order valence-corrected chi connectivity index (χ3v) is 8.11. The zero-order valence-corrected chi connectivity index (χ0v) is 22.3. The number of fused-ring (bicyclic) bond motifs is 4. The van der Waals surface area contributed by atoms with Crippen LogP contribution in [0.25, 0.3) is 11.2 Å². The number of aromatic nitrogens is 4.